The fourth-order valence-corrected chi connectivity index (χ4v) is 20.8. The second kappa shape index (κ2) is 30.8. The summed E-state index contributed by atoms with van der Waals surface area (Å²) in [5.41, 5.74) is 18.9. The van der Waals surface area contributed by atoms with Gasteiger partial charge in [0.2, 0.25) is 0 Å². The van der Waals surface area contributed by atoms with Gasteiger partial charge in [-0.05, 0) is 152 Å². The van der Waals surface area contributed by atoms with Gasteiger partial charge in [-0.2, -0.15) is 0 Å². The van der Waals surface area contributed by atoms with Crippen LogP contribution in [0.15, 0.2) is 446 Å². The lowest BCUT2D eigenvalue weighted by Crippen LogP contribution is -2.00. The normalized spacial score (nSPS) is 11.9. The Morgan fingerprint density at radius 2 is 0.448 bits per heavy atom. The first-order valence-electron chi connectivity index (χ1n) is 45.2. The van der Waals surface area contributed by atoms with Gasteiger partial charge >= 0.3 is 0 Å². The third-order valence-electron chi connectivity index (χ3n) is 26.9. The highest BCUT2D eigenvalue weighted by Crippen LogP contribution is 2.52. The van der Waals surface area contributed by atoms with Gasteiger partial charge in [-0.15, -0.1) is 0 Å². The van der Waals surface area contributed by atoms with Gasteiger partial charge in [-0.25, -0.2) is 39.9 Å². The van der Waals surface area contributed by atoms with Gasteiger partial charge in [0.25, 0.3) is 0 Å². The maximum Gasteiger partial charge on any atom is 0.164 e. The van der Waals surface area contributed by atoms with E-state index in [0.29, 0.717) is 34.9 Å². The molecule has 0 spiro atoms. The summed E-state index contributed by atoms with van der Waals surface area (Å²) in [7, 11) is 0. The molecule has 0 aliphatic heterocycles. The van der Waals surface area contributed by atoms with Crippen LogP contribution in [0.1, 0.15) is 0 Å². The molecule has 28 rings (SSSR count). The molecule has 0 aliphatic rings. The molecule has 28 aromatic rings. The van der Waals surface area contributed by atoms with Crippen LogP contribution in [0, 0.1) is 0 Å². The van der Waals surface area contributed by atoms with Crippen molar-refractivity contribution in [2.24, 2.45) is 0 Å². The Labute approximate surface area is 766 Å². The van der Waals surface area contributed by atoms with Crippen LogP contribution in [0.25, 0.3) is 287 Å². The van der Waals surface area contributed by atoms with Crippen molar-refractivity contribution in [1.29, 1.82) is 0 Å². The fraction of sp³-hybridized carbons (Fsp3) is 0. The Hall–Kier alpha value is -18.1. The third-order valence-corrected chi connectivity index (χ3v) is 26.9. The molecule has 0 bridgehead atoms. The summed E-state index contributed by atoms with van der Waals surface area (Å²) in [5.74, 6) is 3.70. The van der Waals surface area contributed by atoms with Gasteiger partial charge in [0.05, 0.1) is 22.4 Å². The van der Waals surface area contributed by atoms with Crippen LogP contribution in [0.5, 0.6) is 0 Å². The average Bonchev–Trinajstić information content (AvgIpc) is 1.44. The van der Waals surface area contributed by atoms with Gasteiger partial charge in [0, 0.05) is 109 Å². The molecule has 0 fully saturated rings. The summed E-state index contributed by atoms with van der Waals surface area (Å²) in [6, 6.07) is 154. The molecule has 0 radical (unpaired) electrons. The Balaban J connectivity index is 0.000000136. The fourth-order valence-electron chi connectivity index (χ4n) is 20.8. The lowest BCUT2D eigenvalue weighted by molar-refractivity contribution is 0.669. The molecule has 0 aliphatic carbocycles. The molecular weight excluding hydrogens is 1630 g/mol. The molecule has 0 saturated heterocycles. The van der Waals surface area contributed by atoms with Crippen molar-refractivity contribution in [2.75, 3.05) is 0 Å². The van der Waals surface area contributed by atoms with Crippen LogP contribution in [0.2, 0.25) is 0 Å². The van der Waals surface area contributed by atoms with Crippen LogP contribution in [0.3, 0.4) is 0 Å². The zero-order chi connectivity index (χ0) is 88.0. The molecule has 6 heterocycles. The molecule has 10 nitrogen and oxygen atoms in total. The molecule has 0 atom stereocenters. The molecule has 22 aromatic carbocycles. The molecule has 620 valence electrons. The highest BCUT2D eigenvalue weighted by Gasteiger charge is 2.28. The number of fused-ring (bicyclic) bond motifs is 26. The van der Waals surface area contributed by atoms with E-state index in [1.54, 1.807) is 0 Å². The molecular formula is C124H72N8O2. The van der Waals surface area contributed by atoms with Crippen molar-refractivity contribution in [1.82, 2.24) is 39.9 Å². The summed E-state index contributed by atoms with van der Waals surface area (Å²) in [6.07, 6.45) is 0. The molecule has 0 amide bonds. The number of pyridine rings is 2. The topological polar surface area (TPSA) is 129 Å². The van der Waals surface area contributed by atoms with Crippen molar-refractivity contribution < 1.29 is 8.83 Å². The van der Waals surface area contributed by atoms with E-state index in [0.717, 1.165) is 182 Å². The summed E-state index contributed by atoms with van der Waals surface area (Å²) < 4.78 is 13.6. The smallest absolute Gasteiger partial charge is 0.164 e. The van der Waals surface area contributed by atoms with E-state index in [4.69, 9.17) is 48.7 Å². The predicted octanol–water partition coefficient (Wildman–Crippen LogP) is 32.8. The van der Waals surface area contributed by atoms with Crippen LogP contribution in [-0.4, -0.2) is 39.9 Å². The lowest BCUT2D eigenvalue weighted by atomic mass is 9.87. The molecule has 0 N–H and O–H groups in total. The first-order valence-corrected chi connectivity index (χ1v) is 45.2. The van der Waals surface area contributed by atoms with Crippen molar-refractivity contribution in [2.45, 2.75) is 0 Å². The Bertz CT molecular complexity index is 9700. The molecule has 6 aromatic heterocycles. The summed E-state index contributed by atoms with van der Waals surface area (Å²) in [6.45, 7) is 0. The minimum atomic E-state index is 0.600. The standard InChI is InChI=1S/2C62H36N4O/c1-2-16-39(17-3-1)60-64-61(66-62(65-60)48-26-14-18-37-15-4-5-19-42(37)48)40-31-29-38(30-32-40)59-52-36-55-58(50-25-11-13-28-54(50)67-55)56(57(52)49-24-10-12-27-53(49)63-59)41-33-34-47-45-22-7-6-20-43(45)44-21-8-9-23-46(44)51(47)35-41;1-2-15-39(16-3-1)60-64-61(66-62(65-60)43-31-26-37-14-4-5-17-41(37)34-43)40-29-27-38(28-30-40)59-52-36-55-58(50-23-11-13-25-54(50)67-55)56(57(52)49-22-10-12-24-53(49)63-59)42-32-33-48-46-20-7-6-18-44(46)45-19-8-9-21-47(45)51(48)35-42/h2*1-36H. The molecule has 0 unspecified atom stereocenters. The number of rotatable bonds is 10. The van der Waals surface area contributed by atoms with Crippen LogP contribution >= 0.6 is 0 Å². The lowest BCUT2D eigenvalue weighted by Gasteiger charge is -2.17. The van der Waals surface area contributed by atoms with Crippen molar-refractivity contribution in [3.63, 3.8) is 0 Å². The Morgan fingerprint density at radius 1 is 0.142 bits per heavy atom. The SMILES string of the molecule is c1ccc(-c2nc(-c3ccc(-c4nc5ccccc5c5c(-c6ccc7c8ccccc8c8ccccc8c7c6)c6c(cc45)oc4ccccc46)cc3)nc(-c3ccc4ccccc4c3)n2)cc1.c1ccc(-c2nc(-c3ccc(-c4nc5ccccc5c5c(-c6ccc7c8ccccc8c8ccccc8c7c6)c6c(cc45)oc4ccccc46)cc3)nc(-c3cccc4ccccc34)n2)cc1. The van der Waals surface area contributed by atoms with Gasteiger partial charge in [-0.3, -0.25) is 0 Å². The second-order valence-corrected chi connectivity index (χ2v) is 34.5. The van der Waals surface area contributed by atoms with Crippen molar-refractivity contribution in [3.05, 3.63) is 437 Å². The van der Waals surface area contributed by atoms with Crippen LogP contribution in [-0.2, 0) is 0 Å². The minimum Gasteiger partial charge on any atom is -0.456 e. The Morgan fingerprint density at radius 3 is 0.888 bits per heavy atom. The van der Waals surface area contributed by atoms with Gasteiger partial charge in [-0.1, -0.05) is 382 Å². The van der Waals surface area contributed by atoms with Crippen LogP contribution in [0.4, 0.5) is 0 Å². The first-order chi connectivity index (χ1) is 66.4. The van der Waals surface area contributed by atoms with E-state index in [1.165, 1.54) is 70.0 Å². The number of aromatic nitrogens is 8. The highest BCUT2D eigenvalue weighted by atomic mass is 16.3. The predicted molar refractivity (Wildman–Crippen MR) is 554 cm³/mol. The number of hydrogen-bond acceptors (Lipinski definition) is 10. The van der Waals surface area contributed by atoms with E-state index in [2.05, 4.69) is 364 Å². The van der Waals surface area contributed by atoms with Gasteiger partial charge in [0.15, 0.2) is 34.9 Å². The maximum atomic E-state index is 6.79. The van der Waals surface area contributed by atoms with E-state index < -0.39 is 0 Å². The number of para-hydroxylation sites is 4. The van der Waals surface area contributed by atoms with E-state index >= 15 is 0 Å². The highest BCUT2D eigenvalue weighted by molar-refractivity contribution is 6.33. The van der Waals surface area contributed by atoms with Gasteiger partial charge in [0.1, 0.15) is 22.3 Å². The van der Waals surface area contributed by atoms with E-state index in [9.17, 15) is 0 Å². The zero-order valence-corrected chi connectivity index (χ0v) is 72.0. The van der Waals surface area contributed by atoms with E-state index in [1.807, 2.05) is 72.8 Å². The number of benzene rings is 22. The minimum absolute atomic E-state index is 0.600. The second-order valence-electron chi connectivity index (χ2n) is 34.5. The quantitative estimate of drug-likeness (QED) is 0.122. The van der Waals surface area contributed by atoms with Crippen molar-refractivity contribution >= 4 is 173 Å². The van der Waals surface area contributed by atoms with Gasteiger partial charge < -0.3 is 8.83 Å². The Kier molecular flexibility index (Phi) is 17.5. The number of furan rings is 2. The number of hydrogen-bond donors (Lipinski definition) is 0. The average molecular weight is 1710 g/mol. The number of nitrogens with zero attached hydrogens (tertiary/aromatic N) is 8. The van der Waals surface area contributed by atoms with E-state index in [-0.39, 0.29) is 0 Å². The molecule has 10 heteroatoms. The maximum absolute atomic E-state index is 6.79. The van der Waals surface area contributed by atoms with Crippen molar-refractivity contribution in [3.8, 4) is 113 Å². The first kappa shape index (κ1) is 76.0. The summed E-state index contributed by atoms with van der Waals surface area (Å²) in [5, 5.41) is 30.2. The zero-order valence-electron chi connectivity index (χ0n) is 72.0. The molecule has 0 saturated carbocycles. The molecule has 134 heavy (non-hydrogen) atoms. The summed E-state index contributed by atoms with van der Waals surface area (Å²) in [4.78, 5) is 41.4. The van der Waals surface area contributed by atoms with Crippen LogP contribution < -0.4 is 0 Å². The summed E-state index contributed by atoms with van der Waals surface area (Å²) >= 11 is 0. The third kappa shape index (κ3) is 12.5. The monoisotopic (exact) mass is 1700 g/mol. The largest absolute Gasteiger partial charge is 0.456 e.